The zero-order chi connectivity index (χ0) is 15.7. The van der Waals surface area contributed by atoms with Gasteiger partial charge in [0.05, 0.1) is 5.01 Å². The average molecular weight is 323 g/mol. The number of unbranched alkanes of at least 4 members (excludes halogenated alkanes) is 3. The lowest BCUT2D eigenvalue weighted by molar-refractivity contribution is -0.140. The molecule has 0 aliphatic carbocycles. The minimum absolute atomic E-state index is 0.0738. The van der Waals surface area contributed by atoms with E-state index in [1.807, 2.05) is 0 Å². The number of alkyl halides is 3. The molecule has 1 heterocycles. The van der Waals surface area contributed by atoms with Crippen molar-refractivity contribution >= 4 is 17.2 Å². The first-order chi connectivity index (χ1) is 9.93. The molecule has 0 aromatic carbocycles. The highest BCUT2D eigenvalue weighted by molar-refractivity contribution is 7.09. The van der Waals surface area contributed by atoms with Crippen LogP contribution in [0.3, 0.4) is 0 Å². The Hall–Kier alpha value is -1.15. The van der Waals surface area contributed by atoms with Crippen molar-refractivity contribution in [2.45, 2.75) is 44.7 Å². The number of aromatic nitrogens is 1. The Balaban J connectivity index is 2.15. The number of hydrogen-bond acceptors (Lipinski definition) is 4. The second kappa shape index (κ2) is 8.99. The van der Waals surface area contributed by atoms with E-state index in [9.17, 15) is 18.0 Å². The molecule has 0 fully saturated rings. The Morgan fingerprint density at radius 3 is 2.62 bits per heavy atom. The molecule has 0 aliphatic heterocycles. The molecule has 0 atom stereocenters. The van der Waals surface area contributed by atoms with E-state index in [2.05, 4.69) is 10.3 Å². The van der Waals surface area contributed by atoms with Gasteiger partial charge in [-0.1, -0.05) is 12.8 Å². The third-order valence-electron chi connectivity index (χ3n) is 2.86. The molecule has 0 aliphatic rings. The van der Waals surface area contributed by atoms with Gasteiger partial charge in [-0.2, -0.15) is 13.2 Å². The van der Waals surface area contributed by atoms with E-state index in [4.69, 9.17) is 5.73 Å². The highest BCUT2D eigenvalue weighted by Gasteiger charge is 2.33. The number of nitrogens with two attached hydrogens (primary N) is 1. The van der Waals surface area contributed by atoms with Crippen molar-refractivity contribution in [1.29, 1.82) is 0 Å². The smallest absolute Gasteiger partial charge is 0.356 e. The minimum atomic E-state index is -4.40. The van der Waals surface area contributed by atoms with Crippen LogP contribution in [-0.2, 0) is 17.4 Å². The molecule has 0 unspecified atom stereocenters. The van der Waals surface area contributed by atoms with E-state index >= 15 is 0 Å². The van der Waals surface area contributed by atoms with Gasteiger partial charge < -0.3 is 11.1 Å². The molecule has 1 rings (SSSR count). The summed E-state index contributed by atoms with van der Waals surface area (Å²) in [5.41, 5.74) is 4.50. The van der Waals surface area contributed by atoms with E-state index in [0.29, 0.717) is 30.9 Å². The monoisotopic (exact) mass is 323 g/mol. The highest BCUT2D eigenvalue weighted by Crippen LogP contribution is 2.29. The Morgan fingerprint density at radius 2 is 2.00 bits per heavy atom. The molecule has 21 heavy (non-hydrogen) atoms. The Bertz CT molecular complexity index is 435. The van der Waals surface area contributed by atoms with Crippen molar-refractivity contribution in [2.24, 2.45) is 5.73 Å². The van der Waals surface area contributed by atoms with Crippen LogP contribution in [0.1, 0.15) is 42.8 Å². The number of carbonyl (C=O) groups is 1. The summed E-state index contributed by atoms with van der Waals surface area (Å²) in [6.45, 7) is 0.979. The molecular weight excluding hydrogens is 303 g/mol. The predicted molar refractivity (Wildman–Crippen MR) is 76.0 cm³/mol. The molecule has 120 valence electrons. The summed E-state index contributed by atoms with van der Waals surface area (Å²) < 4.78 is 37.0. The molecule has 4 nitrogen and oxygen atoms in total. The lowest BCUT2D eigenvalue weighted by Gasteiger charge is -2.04. The van der Waals surface area contributed by atoms with Gasteiger partial charge >= 0.3 is 6.18 Å². The maximum atomic E-state index is 12.3. The largest absolute Gasteiger partial charge is 0.434 e. The SMILES string of the molecule is NCCCCCCC(=O)NCCc1nc(C(F)(F)F)cs1. The van der Waals surface area contributed by atoms with Crippen molar-refractivity contribution in [1.82, 2.24) is 10.3 Å². The fraction of sp³-hybridized carbons (Fsp3) is 0.692. The average Bonchev–Trinajstić information content (AvgIpc) is 2.87. The topological polar surface area (TPSA) is 68.0 Å². The molecule has 1 aromatic rings. The van der Waals surface area contributed by atoms with Gasteiger partial charge in [-0.3, -0.25) is 4.79 Å². The van der Waals surface area contributed by atoms with Crippen LogP contribution in [0.25, 0.3) is 0 Å². The number of halogens is 3. The van der Waals surface area contributed by atoms with Crippen LogP contribution in [-0.4, -0.2) is 24.0 Å². The summed E-state index contributed by atoms with van der Waals surface area (Å²) in [4.78, 5) is 15.0. The van der Waals surface area contributed by atoms with E-state index in [0.717, 1.165) is 42.4 Å². The summed E-state index contributed by atoms with van der Waals surface area (Å²) in [5, 5.41) is 4.07. The molecule has 3 N–H and O–H groups in total. The molecule has 8 heteroatoms. The fourth-order valence-corrected chi connectivity index (χ4v) is 2.54. The van der Waals surface area contributed by atoms with Crippen LogP contribution >= 0.6 is 11.3 Å². The Labute approximate surface area is 125 Å². The minimum Gasteiger partial charge on any atom is -0.356 e. The summed E-state index contributed by atoms with van der Waals surface area (Å²) in [6, 6.07) is 0. The van der Waals surface area contributed by atoms with Gasteiger partial charge in [0, 0.05) is 24.8 Å². The predicted octanol–water partition coefficient (Wildman–Crippen LogP) is 2.73. The van der Waals surface area contributed by atoms with Crippen molar-refractivity contribution < 1.29 is 18.0 Å². The Morgan fingerprint density at radius 1 is 1.29 bits per heavy atom. The van der Waals surface area contributed by atoms with Gasteiger partial charge in [-0.05, 0) is 19.4 Å². The first kappa shape index (κ1) is 17.9. The van der Waals surface area contributed by atoms with Gasteiger partial charge in [-0.25, -0.2) is 4.98 Å². The number of thiazole rings is 1. The van der Waals surface area contributed by atoms with E-state index < -0.39 is 11.9 Å². The number of carbonyl (C=O) groups excluding carboxylic acids is 1. The molecule has 0 bridgehead atoms. The summed E-state index contributed by atoms with van der Waals surface area (Å²) in [7, 11) is 0. The molecular formula is C13H20F3N3OS. The maximum absolute atomic E-state index is 12.3. The third kappa shape index (κ3) is 7.42. The molecule has 1 amide bonds. The van der Waals surface area contributed by atoms with E-state index in [1.54, 1.807) is 0 Å². The number of hydrogen-bond donors (Lipinski definition) is 2. The lowest BCUT2D eigenvalue weighted by Crippen LogP contribution is -2.25. The van der Waals surface area contributed by atoms with Crippen LogP contribution in [0.5, 0.6) is 0 Å². The summed E-state index contributed by atoms with van der Waals surface area (Å²) in [6.07, 6.45) is 0.112. The van der Waals surface area contributed by atoms with Crippen LogP contribution in [0.4, 0.5) is 13.2 Å². The normalized spacial score (nSPS) is 11.6. The zero-order valence-corrected chi connectivity index (χ0v) is 12.5. The quantitative estimate of drug-likeness (QED) is 0.687. The lowest BCUT2D eigenvalue weighted by atomic mass is 10.1. The summed E-state index contributed by atoms with van der Waals surface area (Å²) >= 11 is 0.961. The highest BCUT2D eigenvalue weighted by atomic mass is 32.1. The van der Waals surface area contributed by atoms with Gasteiger partial charge in [0.25, 0.3) is 0 Å². The van der Waals surface area contributed by atoms with Crippen molar-refractivity contribution in [3.63, 3.8) is 0 Å². The Kier molecular flexibility index (Phi) is 7.66. The van der Waals surface area contributed by atoms with E-state index in [1.165, 1.54) is 0 Å². The summed E-state index contributed by atoms with van der Waals surface area (Å²) in [5.74, 6) is -0.0738. The van der Waals surface area contributed by atoms with Gasteiger partial charge in [-0.15, -0.1) is 11.3 Å². The van der Waals surface area contributed by atoms with E-state index in [-0.39, 0.29) is 5.91 Å². The molecule has 0 saturated carbocycles. The first-order valence-electron chi connectivity index (χ1n) is 6.92. The van der Waals surface area contributed by atoms with Crippen molar-refractivity contribution in [3.05, 3.63) is 16.1 Å². The second-order valence-electron chi connectivity index (χ2n) is 4.68. The van der Waals surface area contributed by atoms with Gasteiger partial charge in [0.2, 0.25) is 5.91 Å². The fourth-order valence-electron chi connectivity index (χ4n) is 1.74. The zero-order valence-electron chi connectivity index (χ0n) is 11.7. The molecule has 1 aromatic heterocycles. The number of nitrogens with one attached hydrogen (secondary N) is 1. The van der Waals surface area contributed by atoms with Crippen LogP contribution in [0.15, 0.2) is 5.38 Å². The van der Waals surface area contributed by atoms with Crippen molar-refractivity contribution in [3.8, 4) is 0 Å². The number of rotatable bonds is 9. The van der Waals surface area contributed by atoms with Crippen LogP contribution in [0, 0.1) is 0 Å². The van der Waals surface area contributed by atoms with Gasteiger partial charge in [0.15, 0.2) is 5.69 Å². The molecule has 0 spiro atoms. The standard InChI is InChI=1S/C13H20F3N3OS/c14-13(15,16)10-9-21-12(19-10)6-8-18-11(20)5-3-1-2-4-7-17/h9H,1-8,17H2,(H,18,20). The molecule has 0 radical (unpaired) electrons. The third-order valence-corrected chi connectivity index (χ3v) is 3.77. The van der Waals surface area contributed by atoms with Crippen LogP contribution < -0.4 is 11.1 Å². The van der Waals surface area contributed by atoms with Crippen LogP contribution in [0.2, 0.25) is 0 Å². The second-order valence-corrected chi connectivity index (χ2v) is 5.62. The molecule has 0 saturated heterocycles. The van der Waals surface area contributed by atoms with Crippen molar-refractivity contribution in [2.75, 3.05) is 13.1 Å². The first-order valence-corrected chi connectivity index (χ1v) is 7.80. The maximum Gasteiger partial charge on any atom is 0.434 e. The number of nitrogens with zero attached hydrogens (tertiary/aromatic N) is 1. The number of amides is 1. The van der Waals surface area contributed by atoms with Gasteiger partial charge in [0.1, 0.15) is 0 Å².